The van der Waals surface area contributed by atoms with E-state index in [-0.39, 0.29) is 5.91 Å². The molecule has 20 heavy (non-hydrogen) atoms. The van der Waals surface area contributed by atoms with Gasteiger partial charge in [-0.25, -0.2) is 0 Å². The van der Waals surface area contributed by atoms with E-state index in [9.17, 15) is 4.79 Å². The summed E-state index contributed by atoms with van der Waals surface area (Å²) in [5, 5.41) is 3.04. The van der Waals surface area contributed by atoms with Crippen molar-refractivity contribution >= 4 is 5.91 Å². The molecule has 3 N–H and O–H groups in total. The minimum Gasteiger partial charge on any atom is -0.368 e. The van der Waals surface area contributed by atoms with E-state index in [2.05, 4.69) is 29.0 Å². The van der Waals surface area contributed by atoms with Gasteiger partial charge in [0.25, 0.3) is 0 Å². The molecule has 1 amide bonds. The number of hydrogen-bond donors (Lipinski definition) is 2. The summed E-state index contributed by atoms with van der Waals surface area (Å²) in [7, 11) is 1.80. The van der Waals surface area contributed by atoms with E-state index in [1.165, 1.54) is 6.54 Å². The Morgan fingerprint density at radius 1 is 1.40 bits per heavy atom. The van der Waals surface area contributed by atoms with E-state index in [0.717, 1.165) is 45.4 Å². The van der Waals surface area contributed by atoms with Gasteiger partial charge in [-0.15, -0.1) is 0 Å². The summed E-state index contributed by atoms with van der Waals surface area (Å²) < 4.78 is 0. The van der Waals surface area contributed by atoms with E-state index in [0.29, 0.717) is 6.04 Å². The van der Waals surface area contributed by atoms with Crippen LogP contribution < -0.4 is 11.1 Å². The Hall–Kier alpha value is -0.650. The number of nitrogens with one attached hydrogen (secondary N) is 1. The molecule has 1 aliphatic heterocycles. The fourth-order valence-electron chi connectivity index (χ4n) is 2.93. The fourth-order valence-corrected chi connectivity index (χ4v) is 2.93. The summed E-state index contributed by atoms with van der Waals surface area (Å²) >= 11 is 0. The predicted octanol–water partition coefficient (Wildman–Crippen LogP) is 0.646. The van der Waals surface area contributed by atoms with Crippen molar-refractivity contribution in [2.45, 2.75) is 51.6 Å². The van der Waals surface area contributed by atoms with Gasteiger partial charge in [-0.2, -0.15) is 0 Å². The second kappa shape index (κ2) is 7.96. The molecule has 1 aliphatic rings. The topological polar surface area (TPSA) is 61.6 Å². The van der Waals surface area contributed by atoms with Crippen LogP contribution in [-0.2, 0) is 4.79 Å². The first-order valence-electron chi connectivity index (χ1n) is 7.88. The Morgan fingerprint density at radius 3 is 2.60 bits per heavy atom. The van der Waals surface area contributed by atoms with Crippen LogP contribution in [0.1, 0.15) is 40.0 Å². The van der Waals surface area contributed by atoms with Crippen molar-refractivity contribution in [2.24, 2.45) is 5.73 Å². The number of hydrogen-bond acceptors (Lipinski definition) is 4. The average Bonchev–Trinajstić information content (AvgIpc) is 2.43. The number of carbonyl (C=O) groups is 1. The summed E-state index contributed by atoms with van der Waals surface area (Å²) in [5.74, 6) is -0.259. The Morgan fingerprint density at radius 2 is 2.10 bits per heavy atom. The van der Waals surface area contributed by atoms with Crippen LogP contribution >= 0.6 is 0 Å². The molecule has 0 aliphatic carbocycles. The molecule has 1 saturated heterocycles. The number of likely N-dealkylation sites (N-methyl/N-ethyl adjacent to an activating group) is 2. The first kappa shape index (κ1) is 17.4. The molecule has 118 valence electrons. The van der Waals surface area contributed by atoms with Crippen LogP contribution in [0.25, 0.3) is 0 Å². The molecule has 2 atom stereocenters. The zero-order valence-electron chi connectivity index (χ0n) is 13.6. The van der Waals surface area contributed by atoms with Crippen LogP contribution in [0.3, 0.4) is 0 Å². The smallest absolute Gasteiger partial charge is 0.237 e. The average molecular weight is 284 g/mol. The predicted molar refractivity (Wildman–Crippen MR) is 83.7 cm³/mol. The summed E-state index contributed by atoms with van der Waals surface area (Å²) in [5.41, 5.74) is 4.88. The first-order chi connectivity index (χ1) is 9.42. The van der Waals surface area contributed by atoms with E-state index < -0.39 is 5.54 Å². The monoisotopic (exact) mass is 284 g/mol. The molecule has 0 spiro atoms. The number of amides is 1. The Bertz CT molecular complexity index is 310. The van der Waals surface area contributed by atoms with Gasteiger partial charge in [0.05, 0.1) is 5.54 Å². The number of nitrogens with zero attached hydrogens (tertiary/aromatic N) is 2. The maximum Gasteiger partial charge on any atom is 0.237 e. The number of unbranched alkanes of at least 4 members (excludes halogenated alkanes) is 1. The highest BCUT2D eigenvalue weighted by Crippen LogP contribution is 2.14. The summed E-state index contributed by atoms with van der Waals surface area (Å²) in [4.78, 5) is 16.5. The maximum atomic E-state index is 11.4. The third-order valence-corrected chi connectivity index (χ3v) is 4.75. The molecule has 5 nitrogen and oxygen atoms in total. The summed E-state index contributed by atoms with van der Waals surface area (Å²) in [6.07, 6.45) is 2.97. The largest absolute Gasteiger partial charge is 0.368 e. The van der Waals surface area contributed by atoms with E-state index in [4.69, 9.17) is 5.73 Å². The van der Waals surface area contributed by atoms with Crippen molar-refractivity contribution in [2.75, 3.05) is 39.8 Å². The third-order valence-electron chi connectivity index (χ3n) is 4.75. The van der Waals surface area contributed by atoms with Crippen molar-refractivity contribution in [3.63, 3.8) is 0 Å². The van der Waals surface area contributed by atoms with Crippen LogP contribution in [0, 0.1) is 0 Å². The van der Waals surface area contributed by atoms with Crippen molar-refractivity contribution in [3.8, 4) is 0 Å². The van der Waals surface area contributed by atoms with Crippen molar-refractivity contribution in [1.82, 2.24) is 15.1 Å². The van der Waals surface area contributed by atoms with Crippen molar-refractivity contribution in [1.29, 1.82) is 0 Å². The standard InChI is InChI=1S/C15H32N4O/c1-5-19-11-10-18(12-13(19)2)9-7-6-8-15(3,17-4)14(16)20/h13,17H,5-12H2,1-4H3,(H2,16,20). The molecule has 0 bridgehead atoms. The molecular formula is C15H32N4O. The van der Waals surface area contributed by atoms with Crippen molar-refractivity contribution in [3.05, 3.63) is 0 Å². The lowest BCUT2D eigenvalue weighted by molar-refractivity contribution is -0.123. The van der Waals surface area contributed by atoms with E-state index in [1.807, 2.05) is 6.92 Å². The highest BCUT2D eigenvalue weighted by Gasteiger charge is 2.28. The van der Waals surface area contributed by atoms with Gasteiger partial charge in [0.2, 0.25) is 5.91 Å². The number of primary amides is 1. The molecule has 2 unspecified atom stereocenters. The second-order valence-corrected chi connectivity index (χ2v) is 6.18. The van der Waals surface area contributed by atoms with Gasteiger partial charge in [-0.3, -0.25) is 9.69 Å². The Labute approximate surface area is 123 Å². The number of rotatable bonds is 8. The number of nitrogens with two attached hydrogens (primary N) is 1. The molecule has 1 heterocycles. The van der Waals surface area contributed by atoms with E-state index in [1.54, 1.807) is 7.05 Å². The normalized spacial score (nSPS) is 24.5. The molecule has 0 saturated carbocycles. The van der Waals surface area contributed by atoms with Gasteiger partial charge in [-0.1, -0.05) is 6.92 Å². The molecule has 0 aromatic carbocycles. The highest BCUT2D eigenvalue weighted by molar-refractivity contribution is 5.84. The van der Waals surface area contributed by atoms with Gasteiger partial charge in [-0.05, 0) is 53.2 Å². The minimum absolute atomic E-state index is 0.259. The molecule has 0 radical (unpaired) electrons. The van der Waals surface area contributed by atoms with E-state index >= 15 is 0 Å². The molecule has 0 aromatic heterocycles. The lowest BCUT2D eigenvalue weighted by Crippen LogP contribution is -2.52. The van der Waals surface area contributed by atoms with Gasteiger partial charge in [0.15, 0.2) is 0 Å². The fraction of sp³-hybridized carbons (Fsp3) is 0.933. The molecule has 5 heteroatoms. The molecule has 1 rings (SSSR count). The van der Waals surface area contributed by atoms with Gasteiger partial charge >= 0.3 is 0 Å². The number of piperazine rings is 1. The molecule has 0 aromatic rings. The van der Waals surface area contributed by atoms with Crippen LogP contribution in [0.4, 0.5) is 0 Å². The Kier molecular flexibility index (Phi) is 6.92. The van der Waals surface area contributed by atoms with Gasteiger partial charge in [0.1, 0.15) is 0 Å². The first-order valence-corrected chi connectivity index (χ1v) is 7.88. The number of carbonyl (C=O) groups excluding carboxylic acids is 1. The molecule has 1 fully saturated rings. The van der Waals surface area contributed by atoms with Gasteiger partial charge < -0.3 is 16.0 Å². The SMILES string of the molecule is CCN1CCN(CCCCC(C)(NC)C(N)=O)CC1C. The zero-order chi connectivity index (χ0) is 15.2. The van der Waals surface area contributed by atoms with Crippen LogP contribution in [0.5, 0.6) is 0 Å². The van der Waals surface area contributed by atoms with Crippen LogP contribution in [0.15, 0.2) is 0 Å². The maximum absolute atomic E-state index is 11.4. The minimum atomic E-state index is -0.561. The summed E-state index contributed by atoms with van der Waals surface area (Å²) in [6.45, 7) is 12.2. The Balaban J connectivity index is 2.24. The lowest BCUT2D eigenvalue weighted by atomic mass is 9.94. The highest BCUT2D eigenvalue weighted by atomic mass is 16.1. The third kappa shape index (κ3) is 4.72. The van der Waals surface area contributed by atoms with Crippen LogP contribution in [0.2, 0.25) is 0 Å². The lowest BCUT2D eigenvalue weighted by Gasteiger charge is -2.39. The van der Waals surface area contributed by atoms with Crippen molar-refractivity contribution < 1.29 is 4.79 Å². The molecular weight excluding hydrogens is 252 g/mol. The quantitative estimate of drug-likeness (QED) is 0.642. The van der Waals surface area contributed by atoms with Gasteiger partial charge in [0, 0.05) is 25.7 Å². The zero-order valence-corrected chi connectivity index (χ0v) is 13.6. The van der Waals surface area contributed by atoms with Crippen LogP contribution in [-0.4, -0.2) is 67.1 Å². The summed E-state index contributed by atoms with van der Waals surface area (Å²) in [6, 6.07) is 0.655. The second-order valence-electron chi connectivity index (χ2n) is 6.18.